The lowest BCUT2D eigenvalue weighted by Gasteiger charge is -2.14. The number of rotatable bonds is 10. The molecule has 1 atom stereocenters. The molecule has 8 heteroatoms. The molecule has 1 unspecified atom stereocenters. The molecule has 1 aliphatic carbocycles. The van der Waals surface area contributed by atoms with Gasteiger partial charge in [0.1, 0.15) is 0 Å². The van der Waals surface area contributed by atoms with Crippen LogP contribution in [0.2, 0.25) is 0 Å². The minimum atomic E-state index is -3.49. The molecule has 1 fully saturated rings. The Morgan fingerprint density at radius 3 is 2.81 bits per heavy atom. The van der Waals surface area contributed by atoms with Gasteiger partial charge in [0.05, 0.1) is 17.6 Å². The molecular formula is C13H22N2O4S2. The van der Waals surface area contributed by atoms with Gasteiger partial charge in [-0.25, -0.2) is 13.1 Å². The summed E-state index contributed by atoms with van der Waals surface area (Å²) in [6.45, 7) is 1.27. The van der Waals surface area contributed by atoms with Crippen LogP contribution in [0.3, 0.4) is 0 Å². The minimum absolute atomic E-state index is 0.193. The van der Waals surface area contributed by atoms with Crippen molar-refractivity contribution >= 4 is 21.4 Å². The monoisotopic (exact) mass is 334 g/mol. The van der Waals surface area contributed by atoms with Gasteiger partial charge < -0.3 is 14.8 Å². The van der Waals surface area contributed by atoms with Gasteiger partial charge >= 0.3 is 0 Å². The quantitative estimate of drug-likeness (QED) is 0.666. The van der Waals surface area contributed by atoms with Gasteiger partial charge in [0.2, 0.25) is 10.0 Å². The summed E-state index contributed by atoms with van der Waals surface area (Å²) < 4.78 is 37.1. The maximum atomic E-state index is 12.2. The second-order valence-corrected chi connectivity index (χ2v) is 7.83. The highest BCUT2D eigenvalue weighted by Crippen LogP contribution is 2.22. The van der Waals surface area contributed by atoms with Crippen LogP contribution in [0.4, 0.5) is 0 Å². The molecule has 1 aromatic heterocycles. The summed E-state index contributed by atoms with van der Waals surface area (Å²) >= 11 is 1.46. The van der Waals surface area contributed by atoms with Crippen LogP contribution in [0, 0.1) is 0 Å². The summed E-state index contributed by atoms with van der Waals surface area (Å²) in [5, 5.41) is 5.04. The van der Waals surface area contributed by atoms with Gasteiger partial charge in [-0.3, -0.25) is 0 Å². The highest BCUT2D eigenvalue weighted by atomic mass is 32.2. The Labute approximate surface area is 129 Å². The average molecular weight is 334 g/mol. The molecule has 0 amide bonds. The molecule has 2 N–H and O–H groups in total. The van der Waals surface area contributed by atoms with Crippen LogP contribution in [0.1, 0.15) is 17.7 Å². The zero-order valence-corrected chi connectivity index (χ0v) is 13.9. The van der Waals surface area contributed by atoms with Crippen molar-refractivity contribution < 1.29 is 17.9 Å². The first-order chi connectivity index (χ1) is 10.0. The first-order valence-corrected chi connectivity index (χ1v) is 9.23. The number of hydrogen-bond donors (Lipinski definition) is 2. The van der Waals surface area contributed by atoms with Gasteiger partial charge in [-0.1, -0.05) is 0 Å². The molecule has 6 nitrogen and oxygen atoms in total. The lowest BCUT2D eigenvalue weighted by atomic mass is 10.4. The molecule has 0 aliphatic heterocycles. The molecule has 1 aliphatic rings. The Morgan fingerprint density at radius 1 is 1.43 bits per heavy atom. The van der Waals surface area contributed by atoms with E-state index in [-0.39, 0.29) is 12.6 Å². The van der Waals surface area contributed by atoms with Crippen molar-refractivity contribution in [2.75, 3.05) is 27.4 Å². The van der Waals surface area contributed by atoms with E-state index in [1.807, 2.05) is 0 Å². The Hall–Kier alpha value is -0.510. The van der Waals surface area contributed by atoms with Crippen LogP contribution in [0.15, 0.2) is 16.3 Å². The molecule has 2 rings (SSSR count). The molecule has 0 bridgehead atoms. The number of sulfonamides is 1. The molecule has 0 spiro atoms. The van der Waals surface area contributed by atoms with Gasteiger partial charge in [-0.2, -0.15) is 0 Å². The highest BCUT2D eigenvalue weighted by Gasteiger charge is 2.22. The molecule has 0 radical (unpaired) electrons. The van der Waals surface area contributed by atoms with E-state index in [2.05, 4.69) is 10.0 Å². The van der Waals surface area contributed by atoms with Crippen LogP contribution < -0.4 is 10.0 Å². The van der Waals surface area contributed by atoms with Crippen molar-refractivity contribution in [2.24, 2.45) is 0 Å². The van der Waals surface area contributed by atoms with Crippen molar-refractivity contribution in [3.05, 3.63) is 16.3 Å². The van der Waals surface area contributed by atoms with Gasteiger partial charge in [-0.05, 0) is 18.9 Å². The predicted molar refractivity (Wildman–Crippen MR) is 82.0 cm³/mol. The number of methoxy groups -OCH3 is 2. The van der Waals surface area contributed by atoms with Crippen molar-refractivity contribution in [3.63, 3.8) is 0 Å². The smallest absolute Gasteiger partial charge is 0.241 e. The summed E-state index contributed by atoms with van der Waals surface area (Å²) in [5.74, 6) is 0. The fraction of sp³-hybridized carbons (Fsp3) is 0.692. The third-order valence-corrected chi connectivity index (χ3v) is 5.76. The van der Waals surface area contributed by atoms with Crippen LogP contribution in [-0.4, -0.2) is 47.9 Å². The van der Waals surface area contributed by atoms with E-state index in [1.165, 1.54) is 31.3 Å². The van der Waals surface area contributed by atoms with Crippen LogP contribution in [0.25, 0.3) is 0 Å². The van der Waals surface area contributed by atoms with Crippen LogP contribution in [-0.2, 0) is 26.0 Å². The summed E-state index contributed by atoms with van der Waals surface area (Å²) in [4.78, 5) is 1.34. The van der Waals surface area contributed by atoms with E-state index in [1.54, 1.807) is 18.6 Å². The van der Waals surface area contributed by atoms with Crippen molar-refractivity contribution in [1.82, 2.24) is 10.0 Å². The number of thiophene rings is 1. The third-order valence-electron chi connectivity index (χ3n) is 3.27. The molecular weight excluding hydrogens is 312 g/mol. The maximum absolute atomic E-state index is 12.2. The van der Waals surface area contributed by atoms with Gasteiger partial charge in [0.15, 0.2) is 0 Å². The van der Waals surface area contributed by atoms with Crippen LogP contribution in [0.5, 0.6) is 0 Å². The molecule has 21 heavy (non-hydrogen) atoms. The second kappa shape index (κ2) is 7.66. The van der Waals surface area contributed by atoms with Gasteiger partial charge in [0, 0.05) is 43.6 Å². The zero-order valence-electron chi connectivity index (χ0n) is 12.3. The molecule has 120 valence electrons. The van der Waals surface area contributed by atoms with Gasteiger partial charge in [-0.15, -0.1) is 11.3 Å². The van der Waals surface area contributed by atoms with Crippen LogP contribution >= 0.6 is 11.3 Å². The maximum Gasteiger partial charge on any atom is 0.241 e. The summed E-state index contributed by atoms with van der Waals surface area (Å²) in [6.07, 6.45) is 2.14. The van der Waals surface area contributed by atoms with E-state index < -0.39 is 10.0 Å². The zero-order chi connectivity index (χ0) is 15.3. The fourth-order valence-corrected chi connectivity index (χ4v) is 4.10. The SMILES string of the molecule is COCC(CNS(=O)(=O)c1csc(CNC2CC2)c1)OC. The molecule has 1 saturated carbocycles. The Kier molecular flexibility index (Phi) is 6.15. The van der Waals surface area contributed by atoms with E-state index in [0.717, 1.165) is 11.4 Å². The third kappa shape index (κ3) is 5.32. The van der Waals surface area contributed by atoms with E-state index >= 15 is 0 Å². The first kappa shape index (κ1) is 16.9. The Balaban J connectivity index is 1.88. The Bertz CT molecular complexity index is 540. The van der Waals surface area contributed by atoms with Gasteiger partial charge in [0.25, 0.3) is 0 Å². The summed E-state index contributed by atoms with van der Waals surface area (Å²) in [5.41, 5.74) is 0. The average Bonchev–Trinajstić information content (AvgIpc) is 3.17. The second-order valence-electron chi connectivity index (χ2n) is 5.07. The fourth-order valence-electron chi connectivity index (χ4n) is 1.81. The Morgan fingerprint density at radius 2 is 2.19 bits per heavy atom. The lowest BCUT2D eigenvalue weighted by Crippen LogP contribution is -2.35. The summed E-state index contributed by atoms with van der Waals surface area (Å²) in [6, 6.07) is 2.34. The summed E-state index contributed by atoms with van der Waals surface area (Å²) in [7, 11) is -0.403. The molecule has 0 saturated heterocycles. The van der Waals surface area contributed by atoms with E-state index in [0.29, 0.717) is 17.5 Å². The highest BCUT2D eigenvalue weighted by molar-refractivity contribution is 7.89. The number of hydrogen-bond acceptors (Lipinski definition) is 6. The largest absolute Gasteiger partial charge is 0.382 e. The molecule has 1 heterocycles. The van der Waals surface area contributed by atoms with E-state index in [9.17, 15) is 8.42 Å². The predicted octanol–water partition coefficient (Wildman–Crippen LogP) is 0.940. The van der Waals surface area contributed by atoms with Crippen molar-refractivity contribution in [2.45, 2.75) is 36.4 Å². The minimum Gasteiger partial charge on any atom is -0.382 e. The lowest BCUT2D eigenvalue weighted by molar-refractivity contribution is 0.0320. The molecule has 0 aromatic carbocycles. The molecule has 1 aromatic rings. The standard InChI is InChI=1S/C13H22N2O4S2/c1-18-8-11(19-2)6-15-21(16,17)13-5-12(20-9-13)7-14-10-3-4-10/h5,9-11,14-15H,3-4,6-8H2,1-2H3. The first-order valence-electron chi connectivity index (χ1n) is 6.87. The van der Waals surface area contributed by atoms with Crippen molar-refractivity contribution in [3.8, 4) is 0 Å². The normalized spacial score (nSPS) is 17.0. The number of ether oxygens (including phenoxy) is 2. The number of nitrogens with one attached hydrogen (secondary N) is 2. The van der Waals surface area contributed by atoms with Crippen molar-refractivity contribution in [1.29, 1.82) is 0 Å². The van der Waals surface area contributed by atoms with E-state index in [4.69, 9.17) is 9.47 Å². The topological polar surface area (TPSA) is 76.7 Å².